The minimum atomic E-state index is 0.248. The summed E-state index contributed by atoms with van der Waals surface area (Å²) in [5, 5.41) is 0. The Morgan fingerprint density at radius 3 is 2.45 bits per heavy atom. The van der Waals surface area contributed by atoms with Crippen LogP contribution in [0.15, 0.2) is 30.6 Å². The van der Waals surface area contributed by atoms with Gasteiger partial charge in [0.1, 0.15) is 0 Å². The quantitative estimate of drug-likeness (QED) is 0.908. The van der Waals surface area contributed by atoms with Crippen molar-refractivity contribution in [2.45, 2.75) is 26.3 Å². The Kier molecular flexibility index (Phi) is 3.40. The molecule has 2 heterocycles. The van der Waals surface area contributed by atoms with Crippen molar-refractivity contribution in [2.24, 2.45) is 5.73 Å². The highest BCUT2D eigenvalue weighted by atomic mass is 15.3. The molecule has 1 aliphatic heterocycles. The maximum atomic E-state index is 5.92. The summed E-state index contributed by atoms with van der Waals surface area (Å²) in [6.45, 7) is 6.04. The molecule has 0 bridgehead atoms. The fourth-order valence-electron chi connectivity index (χ4n) is 2.52. The standard InChI is InChI=1S/C16H20N4/c1-11-3-4-13(7-12(11)2)14-8-18-16(19-9-14)20-6-5-15(17)10-20/h3-4,7-9,15H,5-6,10,17H2,1-2H3. The van der Waals surface area contributed by atoms with E-state index in [9.17, 15) is 0 Å². The lowest BCUT2D eigenvalue weighted by Gasteiger charge is -2.15. The highest BCUT2D eigenvalue weighted by Gasteiger charge is 2.21. The highest BCUT2D eigenvalue weighted by Crippen LogP contribution is 2.22. The van der Waals surface area contributed by atoms with E-state index >= 15 is 0 Å². The van der Waals surface area contributed by atoms with E-state index in [0.717, 1.165) is 36.6 Å². The van der Waals surface area contributed by atoms with Crippen LogP contribution in [0.1, 0.15) is 17.5 Å². The lowest BCUT2D eigenvalue weighted by Crippen LogP contribution is -2.27. The molecule has 1 atom stereocenters. The van der Waals surface area contributed by atoms with E-state index in [1.165, 1.54) is 11.1 Å². The molecular formula is C16H20N4. The van der Waals surface area contributed by atoms with E-state index in [2.05, 4.69) is 46.9 Å². The fraction of sp³-hybridized carbons (Fsp3) is 0.375. The van der Waals surface area contributed by atoms with Crippen LogP contribution >= 0.6 is 0 Å². The Morgan fingerprint density at radius 2 is 1.85 bits per heavy atom. The maximum absolute atomic E-state index is 5.92. The molecule has 104 valence electrons. The van der Waals surface area contributed by atoms with Crippen LogP contribution in [-0.4, -0.2) is 29.1 Å². The second-order valence-electron chi connectivity index (χ2n) is 5.57. The van der Waals surface area contributed by atoms with Crippen molar-refractivity contribution in [3.05, 3.63) is 41.7 Å². The number of anilines is 1. The normalized spacial score (nSPS) is 18.6. The first kappa shape index (κ1) is 13.1. The van der Waals surface area contributed by atoms with Crippen molar-refractivity contribution >= 4 is 5.95 Å². The van der Waals surface area contributed by atoms with Crippen LogP contribution in [0.2, 0.25) is 0 Å². The molecule has 4 nitrogen and oxygen atoms in total. The first-order valence-electron chi connectivity index (χ1n) is 7.03. The second kappa shape index (κ2) is 5.21. The number of nitrogens with zero attached hydrogens (tertiary/aromatic N) is 3. The molecule has 1 unspecified atom stereocenters. The molecule has 0 aliphatic carbocycles. The lowest BCUT2D eigenvalue weighted by molar-refractivity contribution is 0.750. The molecule has 1 aromatic heterocycles. The van der Waals surface area contributed by atoms with Crippen molar-refractivity contribution in [3.63, 3.8) is 0 Å². The van der Waals surface area contributed by atoms with Gasteiger partial charge in [0.15, 0.2) is 0 Å². The van der Waals surface area contributed by atoms with Gasteiger partial charge >= 0.3 is 0 Å². The van der Waals surface area contributed by atoms with Crippen LogP contribution in [0.4, 0.5) is 5.95 Å². The maximum Gasteiger partial charge on any atom is 0.225 e. The molecule has 1 aliphatic rings. The highest BCUT2D eigenvalue weighted by molar-refractivity contribution is 5.63. The predicted molar refractivity (Wildman–Crippen MR) is 81.7 cm³/mol. The summed E-state index contributed by atoms with van der Waals surface area (Å²) in [7, 11) is 0. The van der Waals surface area contributed by atoms with E-state index in [1.54, 1.807) is 0 Å². The number of hydrogen-bond donors (Lipinski definition) is 1. The Morgan fingerprint density at radius 1 is 1.10 bits per heavy atom. The molecule has 0 spiro atoms. The summed E-state index contributed by atoms with van der Waals surface area (Å²) in [5.74, 6) is 0.783. The number of hydrogen-bond acceptors (Lipinski definition) is 4. The predicted octanol–water partition coefficient (Wildman–Crippen LogP) is 2.30. The van der Waals surface area contributed by atoms with E-state index in [4.69, 9.17) is 5.73 Å². The number of nitrogens with two attached hydrogens (primary N) is 1. The van der Waals surface area contributed by atoms with Gasteiger partial charge in [0.25, 0.3) is 0 Å². The van der Waals surface area contributed by atoms with Gasteiger partial charge in [-0.05, 0) is 37.0 Å². The zero-order chi connectivity index (χ0) is 14.1. The van der Waals surface area contributed by atoms with Crippen LogP contribution in [0, 0.1) is 13.8 Å². The van der Waals surface area contributed by atoms with E-state index in [-0.39, 0.29) is 6.04 Å². The second-order valence-corrected chi connectivity index (χ2v) is 5.57. The minimum absolute atomic E-state index is 0.248. The van der Waals surface area contributed by atoms with Gasteiger partial charge in [-0.2, -0.15) is 0 Å². The molecule has 0 amide bonds. The number of benzene rings is 1. The molecule has 20 heavy (non-hydrogen) atoms. The Labute approximate surface area is 119 Å². The Hall–Kier alpha value is -1.94. The first-order valence-corrected chi connectivity index (χ1v) is 7.03. The molecule has 2 N–H and O–H groups in total. The molecule has 0 radical (unpaired) electrons. The average Bonchev–Trinajstić information content (AvgIpc) is 2.89. The molecule has 1 fully saturated rings. The van der Waals surface area contributed by atoms with Crippen LogP contribution in [0.5, 0.6) is 0 Å². The van der Waals surface area contributed by atoms with Crippen molar-refractivity contribution in [3.8, 4) is 11.1 Å². The van der Waals surface area contributed by atoms with Gasteiger partial charge in [-0.1, -0.05) is 18.2 Å². The number of aryl methyl sites for hydroxylation is 2. The topological polar surface area (TPSA) is 55.0 Å². The molecule has 1 aromatic carbocycles. The van der Waals surface area contributed by atoms with E-state index < -0.39 is 0 Å². The summed E-state index contributed by atoms with van der Waals surface area (Å²) in [6.07, 6.45) is 4.81. The van der Waals surface area contributed by atoms with Crippen LogP contribution in [-0.2, 0) is 0 Å². The minimum Gasteiger partial charge on any atom is -0.339 e. The molecule has 4 heteroatoms. The van der Waals surface area contributed by atoms with Gasteiger partial charge in [0.05, 0.1) is 0 Å². The van der Waals surface area contributed by atoms with Crippen molar-refractivity contribution < 1.29 is 0 Å². The van der Waals surface area contributed by atoms with Crippen molar-refractivity contribution in [2.75, 3.05) is 18.0 Å². The monoisotopic (exact) mass is 268 g/mol. The molecule has 1 saturated heterocycles. The number of aromatic nitrogens is 2. The smallest absolute Gasteiger partial charge is 0.225 e. The summed E-state index contributed by atoms with van der Waals surface area (Å²) >= 11 is 0. The lowest BCUT2D eigenvalue weighted by atomic mass is 10.0. The molecular weight excluding hydrogens is 248 g/mol. The first-order chi connectivity index (χ1) is 9.63. The third kappa shape index (κ3) is 2.51. The van der Waals surface area contributed by atoms with Gasteiger partial charge in [0, 0.05) is 37.1 Å². The van der Waals surface area contributed by atoms with Gasteiger partial charge in [-0.15, -0.1) is 0 Å². The average molecular weight is 268 g/mol. The zero-order valence-electron chi connectivity index (χ0n) is 12.0. The molecule has 2 aromatic rings. The van der Waals surface area contributed by atoms with Gasteiger partial charge in [-0.25, -0.2) is 9.97 Å². The summed E-state index contributed by atoms with van der Waals surface area (Å²) in [4.78, 5) is 11.1. The van der Waals surface area contributed by atoms with Gasteiger partial charge in [-0.3, -0.25) is 0 Å². The van der Waals surface area contributed by atoms with Crippen LogP contribution in [0.3, 0.4) is 0 Å². The molecule has 3 rings (SSSR count). The summed E-state index contributed by atoms with van der Waals surface area (Å²) in [6, 6.07) is 6.68. The zero-order valence-corrected chi connectivity index (χ0v) is 12.0. The third-order valence-corrected chi connectivity index (χ3v) is 3.99. The summed E-state index contributed by atoms with van der Waals surface area (Å²) in [5.41, 5.74) is 10.7. The van der Waals surface area contributed by atoms with Crippen LogP contribution in [0.25, 0.3) is 11.1 Å². The summed E-state index contributed by atoms with van der Waals surface area (Å²) < 4.78 is 0. The largest absolute Gasteiger partial charge is 0.339 e. The fourth-order valence-corrected chi connectivity index (χ4v) is 2.52. The Bertz CT molecular complexity index is 606. The van der Waals surface area contributed by atoms with Gasteiger partial charge in [0.2, 0.25) is 5.95 Å². The Balaban J connectivity index is 1.83. The van der Waals surface area contributed by atoms with E-state index in [0.29, 0.717) is 0 Å². The van der Waals surface area contributed by atoms with Gasteiger partial charge < -0.3 is 10.6 Å². The van der Waals surface area contributed by atoms with E-state index in [1.807, 2.05) is 12.4 Å². The number of rotatable bonds is 2. The van der Waals surface area contributed by atoms with Crippen molar-refractivity contribution in [1.29, 1.82) is 0 Å². The van der Waals surface area contributed by atoms with Crippen LogP contribution < -0.4 is 10.6 Å². The SMILES string of the molecule is Cc1ccc(-c2cnc(N3CCC(N)C3)nc2)cc1C. The molecule has 0 saturated carbocycles. The van der Waals surface area contributed by atoms with Crippen molar-refractivity contribution in [1.82, 2.24) is 9.97 Å². The third-order valence-electron chi connectivity index (χ3n) is 3.99.